The standard InChI is InChI=1S/C19H25N3O2S/c1-23-18-7-3-2-6-15(18)12-22-10-11-24-13-17(22)16-14-25-19(20-16)21-8-4-5-9-21/h2-3,6-7,14,17H,4-5,8-13H2,1H3/t17-/m1/s1. The van der Waals surface area contributed by atoms with Gasteiger partial charge in [0.15, 0.2) is 5.13 Å². The molecule has 0 N–H and O–H groups in total. The molecule has 1 aromatic heterocycles. The number of thiazole rings is 1. The van der Waals surface area contributed by atoms with Crippen molar-refractivity contribution in [1.82, 2.24) is 9.88 Å². The minimum atomic E-state index is 0.214. The summed E-state index contributed by atoms with van der Waals surface area (Å²) in [5.74, 6) is 0.948. The molecule has 0 unspecified atom stereocenters. The van der Waals surface area contributed by atoms with Crippen LogP contribution in [0.2, 0.25) is 0 Å². The second-order valence-corrected chi connectivity index (χ2v) is 7.46. The Morgan fingerprint density at radius 3 is 2.92 bits per heavy atom. The van der Waals surface area contributed by atoms with E-state index in [2.05, 4.69) is 27.3 Å². The first kappa shape index (κ1) is 16.8. The first-order valence-electron chi connectivity index (χ1n) is 8.99. The maximum absolute atomic E-state index is 5.77. The second-order valence-electron chi connectivity index (χ2n) is 6.62. The van der Waals surface area contributed by atoms with Crippen LogP contribution in [-0.4, -0.2) is 49.8 Å². The fourth-order valence-electron chi connectivity index (χ4n) is 3.64. The maximum Gasteiger partial charge on any atom is 0.185 e. The average Bonchev–Trinajstić information content (AvgIpc) is 3.34. The van der Waals surface area contributed by atoms with Gasteiger partial charge in [-0.2, -0.15) is 0 Å². The number of benzene rings is 1. The predicted octanol–water partition coefficient (Wildman–Crippen LogP) is 3.33. The second kappa shape index (κ2) is 7.72. The summed E-state index contributed by atoms with van der Waals surface area (Å²) in [5.41, 5.74) is 2.35. The monoisotopic (exact) mass is 359 g/mol. The molecule has 0 saturated carbocycles. The van der Waals surface area contributed by atoms with Crippen molar-refractivity contribution in [3.63, 3.8) is 0 Å². The number of morpholine rings is 1. The van der Waals surface area contributed by atoms with Gasteiger partial charge in [-0.15, -0.1) is 11.3 Å². The highest BCUT2D eigenvalue weighted by Gasteiger charge is 2.28. The molecule has 4 rings (SSSR count). The zero-order valence-electron chi connectivity index (χ0n) is 14.7. The molecule has 25 heavy (non-hydrogen) atoms. The van der Waals surface area contributed by atoms with Crippen LogP contribution in [0.5, 0.6) is 5.75 Å². The number of para-hydroxylation sites is 1. The van der Waals surface area contributed by atoms with E-state index in [-0.39, 0.29) is 6.04 Å². The number of ether oxygens (including phenoxy) is 2. The highest BCUT2D eigenvalue weighted by atomic mass is 32.1. The van der Waals surface area contributed by atoms with Gasteiger partial charge in [0.25, 0.3) is 0 Å². The SMILES string of the molecule is COc1ccccc1CN1CCOC[C@@H]1c1csc(N2CCCC2)n1. The summed E-state index contributed by atoms with van der Waals surface area (Å²) < 4.78 is 11.3. The molecule has 134 valence electrons. The summed E-state index contributed by atoms with van der Waals surface area (Å²) in [4.78, 5) is 9.81. The van der Waals surface area contributed by atoms with Gasteiger partial charge in [0.05, 0.1) is 32.1 Å². The third kappa shape index (κ3) is 3.66. The van der Waals surface area contributed by atoms with Gasteiger partial charge in [-0.1, -0.05) is 18.2 Å². The first-order valence-corrected chi connectivity index (χ1v) is 9.87. The molecule has 0 amide bonds. The lowest BCUT2D eigenvalue weighted by Crippen LogP contribution is -2.39. The van der Waals surface area contributed by atoms with Crippen molar-refractivity contribution in [3.8, 4) is 5.75 Å². The lowest BCUT2D eigenvalue weighted by molar-refractivity contribution is -0.0142. The van der Waals surface area contributed by atoms with E-state index in [1.165, 1.54) is 18.4 Å². The Kier molecular flexibility index (Phi) is 5.20. The van der Waals surface area contributed by atoms with Crippen LogP contribution in [0.25, 0.3) is 0 Å². The van der Waals surface area contributed by atoms with E-state index in [9.17, 15) is 0 Å². The molecule has 2 fully saturated rings. The lowest BCUT2D eigenvalue weighted by atomic mass is 10.1. The maximum atomic E-state index is 5.77. The summed E-state index contributed by atoms with van der Waals surface area (Å²) in [5, 5.41) is 3.37. The van der Waals surface area contributed by atoms with Crippen molar-refractivity contribution in [2.24, 2.45) is 0 Å². The summed E-state index contributed by atoms with van der Waals surface area (Å²) in [6, 6.07) is 8.47. The van der Waals surface area contributed by atoms with Crippen molar-refractivity contribution in [2.45, 2.75) is 25.4 Å². The van der Waals surface area contributed by atoms with E-state index < -0.39 is 0 Å². The van der Waals surface area contributed by atoms with Gasteiger partial charge in [-0.05, 0) is 18.9 Å². The normalized spacial score (nSPS) is 21.6. The van der Waals surface area contributed by atoms with Gasteiger partial charge >= 0.3 is 0 Å². The fourth-order valence-corrected chi connectivity index (χ4v) is 4.56. The molecule has 5 nitrogen and oxygen atoms in total. The highest BCUT2D eigenvalue weighted by molar-refractivity contribution is 7.13. The van der Waals surface area contributed by atoms with Gasteiger partial charge in [-0.25, -0.2) is 4.98 Å². The number of hydrogen-bond donors (Lipinski definition) is 0. The lowest BCUT2D eigenvalue weighted by Gasteiger charge is -2.35. The van der Waals surface area contributed by atoms with E-state index in [1.807, 2.05) is 12.1 Å². The van der Waals surface area contributed by atoms with Gasteiger partial charge < -0.3 is 14.4 Å². The Morgan fingerprint density at radius 2 is 2.08 bits per heavy atom. The molecule has 2 saturated heterocycles. The summed E-state index contributed by atoms with van der Waals surface area (Å²) >= 11 is 1.76. The largest absolute Gasteiger partial charge is 0.496 e. The van der Waals surface area contributed by atoms with E-state index in [0.29, 0.717) is 6.61 Å². The summed E-state index contributed by atoms with van der Waals surface area (Å²) in [7, 11) is 1.73. The third-order valence-corrected chi connectivity index (χ3v) is 5.95. The average molecular weight is 359 g/mol. The molecule has 1 atom stereocenters. The van der Waals surface area contributed by atoms with Gasteiger partial charge in [0, 0.05) is 37.1 Å². The molecule has 0 bridgehead atoms. The van der Waals surface area contributed by atoms with Crippen molar-refractivity contribution < 1.29 is 9.47 Å². The number of hydrogen-bond acceptors (Lipinski definition) is 6. The Morgan fingerprint density at radius 1 is 1.24 bits per heavy atom. The van der Waals surface area contributed by atoms with E-state index in [1.54, 1.807) is 18.4 Å². The molecular formula is C19H25N3O2S. The molecule has 0 radical (unpaired) electrons. The minimum absolute atomic E-state index is 0.214. The van der Waals surface area contributed by atoms with E-state index in [0.717, 1.165) is 49.4 Å². The molecule has 2 aliphatic heterocycles. The smallest absolute Gasteiger partial charge is 0.185 e. The van der Waals surface area contributed by atoms with Crippen LogP contribution in [0, 0.1) is 0 Å². The third-order valence-electron chi connectivity index (χ3n) is 5.03. The first-order chi connectivity index (χ1) is 12.3. The Balaban J connectivity index is 1.53. The zero-order valence-corrected chi connectivity index (χ0v) is 15.5. The van der Waals surface area contributed by atoms with Crippen LogP contribution in [0.1, 0.15) is 30.1 Å². The molecule has 6 heteroatoms. The number of anilines is 1. The van der Waals surface area contributed by atoms with Gasteiger partial charge in [0.1, 0.15) is 5.75 Å². The predicted molar refractivity (Wildman–Crippen MR) is 101 cm³/mol. The van der Waals surface area contributed by atoms with E-state index in [4.69, 9.17) is 14.5 Å². The number of rotatable bonds is 5. The van der Waals surface area contributed by atoms with Crippen molar-refractivity contribution in [1.29, 1.82) is 0 Å². The Labute approximate surface area is 153 Å². The topological polar surface area (TPSA) is 37.8 Å². The zero-order chi connectivity index (χ0) is 17.1. The van der Waals surface area contributed by atoms with Gasteiger partial charge in [0.2, 0.25) is 0 Å². The summed E-state index contributed by atoms with van der Waals surface area (Å²) in [6.07, 6.45) is 2.56. The molecule has 1 aromatic carbocycles. The van der Waals surface area contributed by atoms with Crippen LogP contribution < -0.4 is 9.64 Å². The molecule has 0 aliphatic carbocycles. The highest BCUT2D eigenvalue weighted by Crippen LogP contribution is 2.32. The number of aromatic nitrogens is 1. The van der Waals surface area contributed by atoms with Crippen LogP contribution in [0.4, 0.5) is 5.13 Å². The molecule has 2 aromatic rings. The van der Waals surface area contributed by atoms with Crippen molar-refractivity contribution in [2.75, 3.05) is 44.9 Å². The minimum Gasteiger partial charge on any atom is -0.496 e. The number of nitrogens with zero attached hydrogens (tertiary/aromatic N) is 3. The molecular weight excluding hydrogens is 334 g/mol. The van der Waals surface area contributed by atoms with Crippen LogP contribution >= 0.6 is 11.3 Å². The quantitative estimate of drug-likeness (QED) is 0.819. The van der Waals surface area contributed by atoms with Crippen LogP contribution in [0.15, 0.2) is 29.6 Å². The Bertz CT molecular complexity index is 699. The van der Waals surface area contributed by atoms with Crippen LogP contribution in [-0.2, 0) is 11.3 Å². The van der Waals surface area contributed by atoms with Crippen LogP contribution in [0.3, 0.4) is 0 Å². The van der Waals surface area contributed by atoms with Crippen molar-refractivity contribution >= 4 is 16.5 Å². The van der Waals surface area contributed by atoms with E-state index >= 15 is 0 Å². The number of methoxy groups -OCH3 is 1. The molecule has 2 aliphatic rings. The molecule has 0 spiro atoms. The van der Waals surface area contributed by atoms with Gasteiger partial charge in [-0.3, -0.25) is 4.90 Å². The fraction of sp³-hybridized carbons (Fsp3) is 0.526. The summed E-state index contributed by atoms with van der Waals surface area (Å²) in [6.45, 7) is 5.53. The van der Waals surface area contributed by atoms with Crippen molar-refractivity contribution in [3.05, 3.63) is 40.9 Å². The molecule has 3 heterocycles. The Hall–Kier alpha value is -1.63.